The monoisotopic (exact) mass is 485 g/mol. The molecule has 0 bridgehead atoms. The Balaban J connectivity index is 2.08. The minimum Gasteiger partial charge on any atom is -0.487 e. The van der Waals surface area contributed by atoms with Crippen molar-refractivity contribution in [2.45, 2.75) is 85.5 Å². The fourth-order valence-corrected chi connectivity index (χ4v) is 3.95. The van der Waals surface area contributed by atoms with Gasteiger partial charge in [-0.2, -0.15) is 0 Å². The molecule has 1 heterocycles. The van der Waals surface area contributed by atoms with Crippen LogP contribution >= 0.6 is 0 Å². The second-order valence-electron chi connectivity index (χ2n) is 10.8. The maximum atomic E-state index is 13.3. The van der Waals surface area contributed by atoms with E-state index in [-0.39, 0.29) is 17.4 Å². The van der Waals surface area contributed by atoms with Gasteiger partial charge in [0.05, 0.1) is 0 Å². The van der Waals surface area contributed by atoms with Crippen LogP contribution < -0.4 is 19.5 Å². The maximum Gasteiger partial charge on any atom is 0.408 e. The molecule has 1 aliphatic heterocycles. The molecule has 8 heteroatoms. The van der Waals surface area contributed by atoms with Gasteiger partial charge in [-0.1, -0.05) is 38.1 Å². The van der Waals surface area contributed by atoms with Crippen molar-refractivity contribution in [3.8, 4) is 17.2 Å². The molecule has 1 N–H and O–H groups in total. The zero-order valence-corrected chi connectivity index (χ0v) is 21.7. The lowest BCUT2D eigenvalue weighted by atomic mass is 9.91. The molecular formula is C27H35NO7. The second kappa shape index (κ2) is 9.76. The highest BCUT2D eigenvalue weighted by Crippen LogP contribution is 2.50. The third kappa shape index (κ3) is 6.24. The predicted octanol–water partition coefficient (Wildman–Crippen LogP) is 5.32. The van der Waals surface area contributed by atoms with E-state index < -0.39 is 35.3 Å². The van der Waals surface area contributed by atoms with Gasteiger partial charge in [0.15, 0.2) is 11.5 Å². The fraction of sp³-hybridized carbons (Fsp3) is 0.519. The van der Waals surface area contributed by atoms with Crippen molar-refractivity contribution in [2.24, 2.45) is 5.92 Å². The van der Waals surface area contributed by atoms with Crippen molar-refractivity contribution in [2.75, 3.05) is 0 Å². The second-order valence-corrected chi connectivity index (χ2v) is 10.8. The standard InChI is InChI=1S/C27H35NO7/c1-15(2)20(28-25(31)35-26(4,5)6)24(30)33-22-18-12-10-9-11-17(18)21-19(23(22)32-16(3)29)13-14-27(7,8)34-21/h9-12,15,20H,13-14H2,1-8H3,(H,28,31)/t20-/m0/s1. The third-order valence-electron chi connectivity index (χ3n) is 5.57. The van der Waals surface area contributed by atoms with Gasteiger partial charge in [0, 0.05) is 23.3 Å². The Labute approximate surface area is 206 Å². The Kier molecular flexibility index (Phi) is 7.34. The van der Waals surface area contributed by atoms with E-state index >= 15 is 0 Å². The van der Waals surface area contributed by atoms with E-state index in [1.165, 1.54) is 6.92 Å². The molecule has 0 aliphatic carbocycles. The molecule has 1 atom stereocenters. The van der Waals surface area contributed by atoms with E-state index in [4.69, 9.17) is 18.9 Å². The van der Waals surface area contributed by atoms with E-state index in [1.807, 2.05) is 26.0 Å². The van der Waals surface area contributed by atoms with Crippen LogP contribution in [0.2, 0.25) is 0 Å². The molecule has 1 amide bonds. The number of carbonyl (C=O) groups is 3. The Morgan fingerprint density at radius 1 is 1.03 bits per heavy atom. The van der Waals surface area contributed by atoms with Crippen LogP contribution in [-0.4, -0.2) is 35.3 Å². The van der Waals surface area contributed by atoms with Crippen molar-refractivity contribution in [1.29, 1.82) is 0 Å². The van der Waals surface area contributed by atoms with Gasteiger partial charge in [-0.05, 0) is 53.4 Å². The Bertz CT molecular complexity index is 1140. The summed E-state index contributed by atoms with van der Waals surface area (Å²) >= 11 is 0. The molecule has 3 rings (SSSR count). The lowest BCUT2D eigenvalue weighted by Crippen LogP contribution is -2.48. The first-order valence-electron chi connectivity index (χ1n) is 11.8. The summed E-state index contributed by atoms with van der Waals surface area (Å²) in [6.45, 7) is 14.1. The van der Waals surface area contributed by atoms with Crippen LogP contribution in [0.25, 0.3) is 10.8 Å². The van der Waals surface area contributed by atoms with E-state index in [2.05, 4.69) is 5.32 Å². The van der Waals surface area contributed by atoms with Gasteiger partial charge in [-0.15, -0.1) is 0 Å². The van der Waals surface area contributed by atoms with Crippen LogP contribution in [0, 0.1) is 5.92 Å². The minimum atomic E-state index is -0.986. The molecule has 190 valence electrons. The van der Waals surface area contributed by atoms with Gasteiger partial charge < -0.3 is 24.3 Å². The Hall–Kier alpha value is -3.29. The zero-order valence-electron chi connectivity index (χ0n) is 21.7. The smallest absolute Gasteiger partial charge is 0.408 e. The summed E-state index contributed by atoms with van der Waals surface area (Å²) in [5.41, 5.74) is -0.454. The molecule has 2 aromatic carbocycles. The molecule has 0 aromatic heterocycles. The predicted molar refractivity (Wildman–Crippen MR) is 132 cm³/mol. The van der Waals surface area contributed by atoms with Crippen LogP contribution in [0.3, 0.4) is 0 Å². The number of hydrogen-bond acceptors (Lipinski definition) is 7. The summed E-state index contributed by atoms with van der Waals surface area (Å²) in [5.74, 6) is -0.631. The first-order chi connectivity index (χ1) is 16.2. The molecule has 35 heavy (non-hydrogen) atoms. The maximum absolute atomic E-state index is 13.3. The first-order valence-corrected chi connectivity index (χ1v) is 11.8. The van der Waals surface area contributed by atoms with Crippen molar-refractivity contribution in [3.05, 3.63) is 29.8 Å². The van der Waals surface area contributed by atoms with E-state index in [0.717, 1.165) is 5.39 Å². The van der Waals surface area contributed by atoms with Gasteiger partial charge in [-0.3, -0.25) is 4.79 Å². The van der Waals surface area contributed by atoms with Crippen LogP contribution in [0.1, 0.15) is 67.4 Å². The lowest BCUT2D eigenvalue weighted by Gasteiger charge is -2.34. The molecule has 0 fully saturated rings. The minimum absolute atomic E-state index is 0.125. The third-order valence-corrected chi connectivity index (χ3v) is 5.57. The normalized spacial score (nSPS) is 15.6. The molecule has 0 spiro atoms. The largest absolute Gasteiger partial charge is 0.487 e. The number of amides is 1. The fourth-order valence-electron chi connectivity index (χ4n) is 3.95. The highest BCUT2D eigenvalue weighted by Gasteiger charge is 2.35. The molecule has 2 aromatic rings. The number of hydrogen-bond donors (Lipinski definition) is 1. The molecular weight excluding hydrogens is 450 g/mol. The first kappa shape index (κ1) is 26.3. The van der Waals surface area contributed by atoms with Crippen molar-refractivity contribution in [3.63, 3.8) is 0 Å². The van der Waals surface area contributed by atoms with Crippen LogP contribution in [-0.2, 0) is 20.7 Å². The quantitative estimate of drug-likeness (QED) is 0.452. The molecule has 0 saturated carbocycles. The molecule has 1 aliphatic rings. The summed E-state index contributed by atoms with van der Waals surface area (Å²) in [7, 11) is 0. The number of fused-ring (bicyclic) bond motifs is 3. The number of alkyl carbamates (subject to hydrolysis) is 1. The number of esters is 2. The average molecular weight is 486 g/mol. The van der Waals surface area contributed by atoms with Gasteiger partial charge in [0.25, 0.3) is 0 Å². The topological polar surface area (TPSA) is 100 Å². The van der Waals surface area contributed by atoms with Crippen molar-refractivity contribution >= 4 is 28.8 Å². The van der Waals surface area contributed by atoms with E-state index in [9.17, 15) is 14.4 Å². The van der Waals surface area contributed by atoms with E-state index in [0.29, 0.717) is 29.5 Å². The van der Waals surface area contributed by atoms with Crippen LogP contribution in [0.4, 0.5) is 4.79 Å². The van der Waals surface area contributed by atoms with Gasteiger partial charge in [0.2, 0.25) is 0 Å². The van der Waals surface area contributed by atoms with Gasteiger partial charge >= 0.3 is 18.0 Å². The summed E-state index contributed by atoms with van der Waals surface area (Å²) < 4.78 is 23.1. The number of rotatable bonds is 5. The Morgan fingerprint density at radius 2 is 1.66 bits per heavy atom. The van der Waals surface area contributed by atoms with Crippen LogP contribution in [0.15, 0.2) is 24.3 Å². The summed E-state index contributed by atoms with van der Waals surface area (Å²) in [6.07, 6.45) is 0.540. The average Bonchev–Trinajstić information content (AvgIpc) is 2.72. The summed E-state index contributed by atoms with van der Waals surface area (Å²) in [5, 5.41) is 3.92. The number of carbonyl (C=O) groups excluding carboxylic acids is 3. The van der Waals surface area contributed by atoms with Crippen LogP contribution in [0.5, 0.6) is 17.2 Å². The van der Waals surface area contributed by atoms with E-state index in [1.54, 1.807) is 46.8 Å². The SMILES string of the molecule is CC(=O)Oc1c2c(c3ccccc3c1OC(=O)[C@@H](NC(=O)OC(C)(C)C)C(C)C)OC(C)(C)CC2. The van der Waals surface area contributed by atoms with Crippen molar-refractivity contribution in [1.82, 2.24) is 5.32 Å². The number of benzene rings is 2. The number of nitrogens with one attached hydrogen (secondary N) is 1. The summed E-state index contributed by atoms with van der Waals surface area (Å²) in [4.78, 5) is 37.8. The highest BCUT2D eigenvalue weighted by molar-refractivity contribution is 6.00. The lowest BCUT2D eigenvalue weighted by molar-refractivity contribution is -0.139. The Morgan fingerprint density at radius 3 is 2.23 bits per heavy atom. The molecule has 0 unspecified atom stereocenters. The van der Waals surface area contributed by atoms with Crippen molar-refractivity contribution < 1.29 is 33.3 Å². The number of ether oxygens (including phenoxy) is 4. The zero-order chi connectivity index (χ0) is 26.1. The highest BCUT2D eigenvalue weighted by atomic mass is 16.6. The molecule has 8 nitrogen and oxygen atoms in total. The molecule has 0 radical (unpaired) electrons. The van der Waals surface area contributed by atoms with Gasteiger partial charge in [-0.25, -0.2) is 9.59 Å². The summed E-state index contributed by atoms with van der Waals surface area (Å²) in [6, 6.07) is 6.34. The van der Waals surface area contributed by atoms with Gasteiger partial charge in [0.1, 0.15) is 23.0 Å². The molecule has 0 saturated heterocycles.